The highest BCUT2D eigenvalue weighted by atomic mass is 79.9. The topological polar surface area (TPSA) is 89.3 Å². The SMILES string of the molecule is CC(C)C(C)(CN)NC(=O)CS(=O)(=O)Cc1ccc(Br)cc1. The number of amides is 1. The van der Waals surface area contributed by atoms with Crippen molar-refractivity contribution >= 4 is 31.7 Å². The summed E-state index contributed by atoms with van der Waals surface area (Å²) in [6, 6.07) is 6.99. The first-order chi connectivity index (χ1) is 10.1. The summed E-state index contributed by atoms with van der Waals surface area (Å²) in [5, 5.41) is 2.74. The van der Waals surface area contributed by atoms with Crippen LogP contribution in [-0.2, 0) is 20.4 Å². The normalized spacial score (nSPS) is 14.6. The molecular formula is C15H23BrN2O3S. The van der Waals surface area contributed by atoms with Gasteiger partial charge < -0.3 is 11.1 Å². The third-order valence-electron chi connectivity index (χ3n) is 3.77. The first kappa shape index (κ1) is 19.1. The van der Waals surface area contributed by atoms with Crippen LogP contribution < -0.4 is 11.1 Å². The average molecular weight is 391 g/mol. The van der Waals surface area contributed by atoms with Crippen molar-refractivity contribution < 1.29 is 13.2 Å². The highest BCUT2D eigenvalue weighted by Gasteiger charge is 2.30. The number of benzene rings is 1. The molecule has 0 heterocycles. The van der Waals surface area contributed by atoms with E-state index in [-0.39, 0.29) is 18.2 Å². The van der Waals surface area contributed by atoms with E-state index in [1.54, 1.807) is 24.3 Å². The molecule has 0 aromatic heterocycles. The molecule has 1 aromatic carbocycles. The zero-order valence-electron chi connectivity index (χ0n) is 13.1. The number of rotatable bonds is 7. The van der Waals surface area contributed by atoms with Crippen molar-refractivity contribution in [2.75, 3.05) is 12.3 Å². The molecule has 0 bridgehead atoms. The Morgan fingerprint density at radius 3 is 2.32 bits per heavy atom. The Bertz CT molecular complexity index is 614. The van der Waals surface area contributed by atoms with Crippen molar-refractivity contribution in [3.63, 3.8) is 0 Å². The van der Waals surface area contributed by atoms with Gasteiger partial charge >= 0.3 is 0 Å². The van der Waals surface area contributed by atoms with Crippen molar-refractivity contribution in [3.05, 3.63) is 34.3 Å². The lowest BCUT2D eigenvalue weighted by Crippen LogP contribution is -2.56. The molecule has 5 nitrogen and oxygen atoms in total. The summed E-state index contributed by atoms with van der Waals surface area (Å²) in [4.78, 5) is 12.0. The molecule has 1 rings (SSSR count). The van der Waals surface area contributed by atoms with E-state index in [1.165, 1.54) is 0 Å². The van der Waals surface area contributed by atoms with Gasteiger partial charge in [-0.25, -0.2) is 8.42 Å². The molecule has 0 aliphatic rings. The summed E-state index contributed by atoms with van der Waals surface area (Å²) in [5.41, 5.74) is 5.74. The molecule has 22 heavy (non-hydrogen) atoms. The van der Waals surface area contributed by atoms with Gasteiger partial charge in [0.1, 0.15) is 5.75 Å². The molecular weight excluding hydrogens is 368 g/mol. The number of sulfone groups is 1. The minimum Gasteiger partial charge on any atom is -0.349 e. The van der Waals surface area contributed by atoms with Crippen LogP contribution in [0.1, 0.15) is 26.3 Å². The van der Waals surface area contributed by atoms with Crippen LogP contribution in [0.25, 0.3) is 0 Å². The van der Waals surface area contributed by atoms with E-state index in [2.05, 4.69) is 21.2 Å². The van der Waals surface area contributed by atoms with Crippen molar-refractivity contribution in [2.45, 2.75) is 32.1 Å². The number of halogens is 1. The molecule has 1 unspecified atom stereocenters. The maximum atomic E-state index is 12.1. The fraction of sp³-hybridized carbons (Fsp3) is 0.533. The average Bonchev–Trinajstić information content (AvgIpc) is 2.39. The van der Waals surface area contributed by atoms with Crippen molar-refractivity contribution in [3.8, 4) is 0 Å². The standard InChI is InChI=1S/C15H23BrN2O3S/c1-11(2)15(3,10-17)18-14(19)9-22(20,21)8-12-4-6-13(16)7-5-12/h4-7,11H,8-10,17H2,1-3H3,(H,18,19). The molecule has 1 amide bonds. The smallest absolute Gasteiger partial charge is 0.235 e. The first-order valence-corrected chi connectivity index (χ1v) is 9.65. The number of carbonyl (C=O) groups is 1. The van der Waals surface area contributed by atoms with E-state index >= 15 is 0 Å². The van der Waals surface area contributed by atoms with Crippen molar-refractivity contribution in [2.24, 2.45) is 11.7 Å². The number of hydrogen-bond acceptors (Lipinski definition) is 4. The van der Waals surface area contributed by atoms with E-state index in [4.69, 9.17) is 5.73 Å². The Morgan fingerprint density at radius 1 is 1.32 bits per heavy atom. The van der Waals surface area contributed by atoms with Gasteiger partial charge in [-0.05, 0) is 30.5 Å². The predicted octanol–water partition coefficient (Wildman–Crippen LogP) is 1.85. The molecule has 0 radical (unpaired) electrons. The summed E-state index contributed by atoms with van der Waals surface area (Å²) in [7, 11) is -3.52. The van der Waals surface area contributed by atoms with Crippen molar-refractivity contribution in [1.82, 2.24) is 5.32 Å². The summed E-state index contributed by atoms with van der Waals surface area (Å²) < 4.78 is 25.1. The van der Waals surface area contributed by atoms with Gasteiger partial charge in [-0.3, -0.25) is 4.79 Å². The van der Waals surface area contributed by atoms with Gasteiger partial charge in [0, 0.05) is 11.0 Å². The number of nitrogens with one attached hydrogen (secondary N) is 1. The molecule has 7 heteroatoms. The number of nitrogens with two attached hydrogens (primary N) is 1. The molecule has 1 atom stereocenters. The second-order valence-corrected chi connectivity index (χ2v) is 8.96. The summed E-state index contributed by atoms with van der Waals surface area (Å²) in [6.07, 6.45) is 0. The predicted molar refractivity (Wildman–Crippen MR) is 92.1 cm³/mol. The number of hydrogen-bond donors (Lipinski definition) is 2. The quantitative estimate of drug-likeness (QED) is 0.743. The fourth-order valence-electron chi connectivity index (χ4n) is 1.87. The lowest BCUT2D eigenvalue weighted by atomic mass is 9.88. The van der Waals surface area contributed by atoms with E-state index in [0.29, 0.717) is 5.56 Å². The molecule has 0 fully saturated rings. The van der Waals surface area contributed by atoms with Gasteiger partial charge in [0.15, 0.2) is 9.84 Å². The first-order valence-electron chi connectivity index (χ1n) is 7.04. The Labute approximate surface area is 140 Å². The Morgan fingerprint density at radius 2 is 1.86 bits per heavy atom. The van der Waals surface area contributed by atoms with Crippen LogP contribution in [0.3, 0.4) is 0 Å². The summed E-state index contributed by atoms with van der Waals surface area (Å²) in [5.74, 6) is -1.10. The zero-order valence-corrected chi connectivity index (χ0v) is 15.5. The van der Waals surface area contributed by atoms with Gasteiger partial charge in [0.2, 0.25) is 5.91 Å². The van der Waals surface area contributed by atoms with E-state index < -0.39 is 27.0 Å². The van der Waals surface area contributed by atoms with Crippen LogP contribution in [0.2, 0.25) is 0 Å². The monoisotopic (exact) mass is 390 g/mol. The molecule has 0 saturated heterocycles. The minimum atomic E-state index is -3.52. The zero-order chi connectivity index (χ0) is 17.0. The second kappa shape index (κ2) is 7.57. The van der Waals surface area contributed by atoms with Gasteiger partial charge in [-0.1, -0.05) is 41.9 Å². The van der Waals surface area contributed by atoms with Crippen LogP contribution >= 0.6 is 15.9 Å². The van der Waals surface area contributed by atoms with E-state index in [0.717, 1.165) is 4.47 Å². The van der Waals surface area contributed by atoms with E-state index in [9.17, 15) is 13.2 Å². The largest absolute Gasteiger partial charge is 0.349 e. The highest BCUT2D eigenvalue weighted by Crippen LogP contribution is 2.16. The maximum Gasteiger partial charge on any atom is 0.235 e. The summed E-state index contributed by atoms with van der Waals surface area (Å²) >= 11 is 3.29. The Kier molecular flexibility index (Phi) is 6.58. The van der Waals surface area contributed by atoms with Crippen molar-refractivity contribution in [1.29, 1.82) is 0 Å². The van der Waals surface area contributed by atoms with Crippen LogP contribution in [-0.4, -0.2) is 32.2 Å². The molecule has 1 aromatic rings. The number of carbonyl (C=O) groups excluding carboxylic acids is 1. The molecule has 0 saturated carbocycles. The van der Waals surface area contributed by atoms with Crippen LogP contribution in [0, 0.1) is 5.92 Å². The lowest BCUT2D eigenvalue weighted by Gasteiger charge is -2.33. The fourth-order valence-corrected chi connectivity index (χ4v) is 3.41. The minimum absolute atomic E-state index is 0.107. The van der Waals surface area contributed by atoms with Gasteiger partial charge in [0.05, 0.1) is 11.3 Å². The van der Waals surface area contributed by atoms with Crippen LogP contribution in [0.5, 0.6) is 0 Å². The molecule has 124 valence electrons. The van der Waals surface area contributed by atoms with Gasteiger partial charge in [-0.2, -0.15) is 0 Å². The summed E-state index contributed by atoms with van der Waals surface area (Å²) in [6.45, 7) is 5.94. The maximum absolute atomic E-state index is 12.1. The second-order valence-electron chi connectivity index (χ2n) is 5.98. The Balaban J connectivity index is 2.71. The molecule has 0 aliphatic carbocycles. The van der Waals surface area contributed by atoms with Crippen LogP contribution in [0.4, 0.5) is 0 Å². The molecule has 0 spiro atoms. The Hall–Kier alpha value is -0.920. The van der Waals surface area contributed by atoms with Gasteiger partial charge in [-0.15, -0.1) is 0 Å². The van der Waals surface area contributed by atoms with Crippen LogP contribution in [0.15, 0.2) is 28.7 Å². The van der Waals surface area contributed by atoms with E-state index in [1.807, 2.05) is 20.8 Å². The highest BCUT2D eigenvalue weighted by molar-refractivity contribution is 9.10. The molecule has 0 aliphatic heterocycles. The third kappa shape index (κ3) is 5.70. The molecule has 3 N–H and O–H groups in total. The third-order valence-corrected chi connectivity index (χ3v) is 5.78. The lowest BCUT2D eigenvalue weighted by molar-refractivity contribution is -0.120. The van der Waals surface area contributed by atoms with Gasteiger partial charge in [0.25, 0.3) is 0 Å².